The first-order valence-corrected chi connectivity index (χ1v) is 12.1. The van der Waals surface area contributed by atoms with Crippen molar-refractivity contribution in [1.29, 1.82) is 0 Å². The molecule has 1 saturated heterocycles. The first kappa shape index (κ1) is 25.8. The van der Waals surface area contributed by atoms with Gasteiger partial charge in [-0.25, -0.2) is 4.98 Å². The maximum atomic E-state index is 12.7. The molecule has 32 heavy (non-hydrogen) atoms. The van der Waals surface area contributed by atoms with Gasteiger partial charge in [0.1, 0.15) is 5.82 Å². The number of anilines is 1. The molecule has 9 heteroatoms. The highest BCUT2D eigenvalue weighted by molar-refractivity contribution is 5.98. The molecule has 1 aliphatic heterocycles. The van der Waals surface area contributed by atoms with Crippen molar-refractivity contribution in [3.63, 3.8) is 0 Å². The molecule has 1 aromatic heterocycles. The smallest absolute Gasteiger partial charge is 0.294 e. The summed E-state index contributed by atoms with van der Waals surface area (Å²) in [5.41, 5.74) is 0.668. The minimum Gasteiger partial charge on any atom is -0.353 e. The van der Waals surface area contributed by atoms with E-state index in [1.165, 1.54) is 19.3 Å². The van der Waals surface area contributed by atoms with Crippen molar-refractivity contribution >= 4 is 11.7 Å². The van der Waals surface area contributed by atoms with Gasteiger partial charge in [-0.15, -0.1) is 10.1 Å². The highest BCUT2D eigenvalue weighted by atomic mass is 16.9. The molecule has 0 bridgehead atoms. The van der Waals surface area contributed by atoms with Gasteiger partial charge in [0.25, 0.3) is 11.0 Å². The maximum absolute atomic E-state index is 12.7. The molecular formula is C23H39N5O4. The van der Waals surface area contributed by atoms with Crippen molar-refractivity contribution in [1.82, 2.24) is 15.2 Å². The molecule has 2 rings (SSSR count). The van der Waals surface area contributed by atoms with E-state index in [-0.39, 0.29) is 12.5 Å². The quantitative estimate of drug-likeness (QED) is 0.233. The Kier molecular flexibility index (Phi) is 12.4. The molecule has 1 fully saturated rings. The van der Waals surface area contributed by atoms with Crippen LogP contribution in [-0.4, -0.2) is 66.8 Å². The normalized spacial score (nSPS) is 14.3. The molecule has 0 radical (unpaired) electrons. The van der Waals surface area contributed by atoms with Crippen LogP contribution in [0.5, 0.6) is 0 Å². The van der Waals surface area contributed by atoms with Crippen LogP contribution in [0.4, 0.5) is 5.82 Å². The van der Waals surface area contributed by atoms with Gasteiger partial charge in [-0.3, -0.25) is 4.79 Å². The van der Waals surface area contributed by atoms with Crippen molar-refractivity contribution in [2.24, 2.45) is 0 Å². The monoisotopic (exact) mass is 449 g/mol. The Labute approximate surface area is 191 Å². The van der Waals surface area contributed by atoms with Gasteiger partial charge in [-0.1, -0.05) is 51.9 Å². The summed E-state index contributed by atoms with van der Waals surface area (Å²) in [6.07, 6.45) is 11.4. The predicted octanol–water partition coefficient (Wildman–Crippen LogP) is 3.67. The largest absolute Gasteiger partial charge is 0.353 e. The van der Waals surface area contributed by atoms with Gasteiger partial charge in [0, 0.05) is 38.9 Å². The van der Waals surface area contributed by atoms with Crippen LogP contribution in [-0.2, 0) is 4.84 Å². The number of aromatic nitrogens is 1. The molecular weight excluding hydrogens is 410 g/mol. The second kappa shape index (κ2) is 15.4. The Morgan fingerprint density at radius 1 is 1.06 bits per heavy atom. The van der Waals surface area contributed by atoms with Gasteiger partial charge in [-0.2, -0.15) is 0 Å². The van der Waals surface area contributed by atoms with Crippen LogP contribution in [0.1, 0.15) is 75.1 Å². The van der Waals surface area contributed by atoms with Crippen molar-refractivity contribution < 1.29 is 14.7 Å². The lowest BCUT2D eigenvalue weighted by molar-refractivity contribution is -0.757. The standard InChI is InChI=1S/C23H39N5O4/c1-2-26-16-18-27(19-17-26)22-21(13-12-15-24-22)23(29)25-14-10-8-6-4-3-5-7-9-11-20-32-28(30)31/h12-13,15H,2-11,14,16-20H2,1H3,(H,25,29). The minimum absolute atomic E-state index is 0.0351. The Bertz CT molecular complexity index is 680. The Morgan fingerprint density at radius 2 is 1.69 bits per heavy atom. The summed E-state index contributed by atoms with van der Waals surface area (Å²) < 4.78 is 0. The number of nitrogens with one attached hydrogen (secondary N) is 1. The van der Waals surface area contributed by atoms with E-state index in [0.29, 0.717) is 12.1 Å². The van der Waals surface area contributed by atoms with E-state index < -0.39 is 5.09 Å². The summed E-state index contributed by atoms with van der Waals surface area (Å²) >= 11 is 0. The summed E-state index contributed by atoms with van der Waals surface area (Å²) in [5.74, 6) is 0.762. The topological polar surface area (TPSA) is 101 Å². The fourth-order valence-electron chi connectivity index (χ4n) is 4.00. The SMILES string of the molecule is CCN1CCN(c2ncccc2C(=O)NCCCCCCCCCCCO[N+](=O)[O-])CC1. The number of unbranched alkanes of at least 4 members (excludes halogenated alkanes) is 8. The molecule has 0 unspecified atom stereocenters. The second-order valence-corrected chi connectivity index (χ2v) is 8.29. The van der Waals surface area contributed by atoms with E-state index in [2.05, 4.69) is 31.9 Å². The molecule has 0 spiro atoms. The third kappa shape index (κ3) is 9.80. The van der Waals surface area contributed by atoms with Crippen LogP contribution >= 0.6 is 0 Å². The molecule has 0 atom stereocenters. The van der Waals surface area contributed by atoms with Crippen LogP contribution in [0.25, 0.3) is 0 Å². The van der Waals surface area contributed by atoms with Crippen LogP contribution in [0, 0.1) is 10.1 Å². The molecule has 1 aliphatic rings. The third-order valence-electron chi connectivity index (χ3n) is 5.95. The van der Waals surface area contributed by atoms with Gasteiger partial charge >= 0.3 is 0 Å². The molecule has 2 heterocycles. The molecule has 9 nitrogen and oxygen atoms in total. The second-order valence-electron chi connectivity index (χ2n) is 8.29. The minimum atomic E-state index is -0.729. The van der Waals surface area contributed by atoms with Gasteiger partial charge in [-0.05, 0) is 31.5 Å². The zero-order valence-corrected chi connectivity index (χ0v) is 19.5. The number of carbonyl (C=O) groups is 1. The summed E-state index contributed by atoms with van der Waals surface area (Å²) in [6, 6.07) is 3.70. The van der Waals surface area contributed by atoms with Crippen molar-refractivity contribution in [2.45, 2.75) is 64.7 Å². The molecule has 1 N–H and O–H groups in total. The number of hydrogen-bond acceptors (Lipinski definition) is 7. The fraction of sp³-hybridized carbons (Fsp3) is 0.739. The zero-order chi connectivity index (χ0) is 23.0. The van der Waals surface area contributed by atoms with Crippen LogP contribution in [0.2, 0.25) is 0 Å². The van der Waals surface area contributed by atoms with Gasteiger partial charge in [0.2, 0.25) is 0 Å². The van der Waals surface area contributed by atoms with E-state index in [1.54, 1.807) is 6.20 Å². The van der Waals surface area contributed by atoms with Crippen LogP contribution in [0.3, 0.4) is 0 Å². The van der Waals surface area contributed by atoms with Crippen molar-refractivity contribution in [3.05, 3.63) is 34.0 Å². The number of amides is 1. The number of hydrogen-bond donors (Lipinski definition) is 1. The molecule has 180 valence electrons. The van der Waals surface area contributed by atoms with Crippen molar-refractivity contribution in [3.8, 4) is 0 Å². The average Bonchev–Trinajstić information content (AvgIpc) is 2.81. The maximum Gasteiger partial charge on any atom is 0.294 e. The van der Waals surface area contributed by atoms with Gasteiger partial charge in [0.15, 0.2) is 0 Å². The first-order valence-electron chi connectivity index (χ1n) is 12.1. The number of likely N-dealkylation sites (N-methyl/N-ethyl adjacent to an activating group) is 1. The van der Waals surface area contributed by atoms with E-state index >= 15 is 0 Å². The van der Waals surface area contributed by atoms with E-state index in [9.17, 15) is 14.9 Å². The average molecular weight is 450 g/mol. The number of pyridine rings is 1. The van der Waals surface area contributed by atoms with E-state index in [1.807, 2.05) is 12.1 Å². The van der Waals surface area contributed by atoms with Gasteiger partial charge < -0.3 is 20.0 Å². The molecule has 0 aromatic carbocycles. The first-order chi connectivity index (χ1) is 15.6. The number of piperazine rings is 1. The highest BCUT2D eigenvalue weighted by Crippen LogP contribution is 2.19. The zero-order valence-electron chi connectivity index (χ0n) is 19.5. The summed E-state index contributed by atoms with van der Waals surface area (Å²) in [4.78, 5) is 36.2. The van der Waals surface area contributed by atoms with Crippen LogP contribution in [0.15, 0.2) is 18.3 Å². The lowest BCUT2D eigenvalue weighted by Crippen LogP contribution is -2.47. The van der Waals surface area contributed by atoms with Crippen LogP contribution < -0.4 is 10.2 Å². The van der Waals surface area contributed by atoms with E-state index in [0.717, 1.165) is 77.1 Å². The number of nitrogens with zero attached hydrogens (tertiary/aromatic N) is 4. The van der Waals surface area contributed by atoms with E-state index in [4.69, 9.17) is 0 Å². The molecule has 0 saturated carbocycles. The summed E-state index contributed by atoms with van der Waals surface area (Å²) in [7, 11) is 0. The Balaban J connectivity index is 1.54. The Hall–Kier alpha value is -2.42. The lowest BCUT2D eigenvalue weighted by atomic mass is 10.1. The molecule has 0 aliphatic carbocycles. The summed E-state index contributed by atoms with van der Waals surface area (Å²) in [5, 5.41) is 12.4. The summed E-state index contributed by atoms with van der Waals surface area (Å²) in [6.45, 7) is 7.94. The predicted molar refractivity (Wildman–Crippen MR) is 125 cm³/mol. The number of carbonyl (C=O) groups excluding carboxylic acids is 1. The fourth-order valence-corrected chi connectivity index (χ4v) is 4.00. The Morgan fingerprint density at radius 3 is 2.31 bits per heavy atom. The lowest BCUT2D eigenvalue weighted by Gasteiger charge is -2.35. The van der Waals surface area contributed by atoms with Crippen molar-refractivity contribution in [2.75, 3.05) is 50.8 Å². The highest BCUT2D eigenvalue weighted by Gasteiger charge is 2.21. The third-order valence-corrected chi connectivity index (χ3v) is 5.95. The molecule has 1 amide bonds. The molecule has 1 aromatic rings. The number of rotatable bonds is 16. The van der Waals surface area contributed by atoms with Gasteiger partial charge in [0.05, 0.1) is 12.2 Å².